The lowest BCUT2D eigenvalue weighted by Crippen LogP contribution is -2.20. The Bertz CT molecular complexity index is 669. The van der Waals surface area contributed by atoms with Crippen LogP contribution in [-0.4, -0.2) is 22.1 Å². The Balaban J connectivity index is 2.56. The molecule has 1 aromatic heterocycles. The molecule has 0 bridgehead atoms. The Morgan fingerprint density at radius 2 is 2.37 bits per heavy atom. The summed E-state index contributed by atoms with van der Waals surface area (Å²) in [6.45, 7) is 3.74. The van der Waals surface area contributed by atoms with Crippen molar-refractivity contribution in [1.29, 1.82) is 5.26 Å². The number of carbonyl (C=O) groups is 1. The molecule has 0 amide bonds. The summed E-state index contributed by atoms with van der Waals surface area (Å²) in [5.41, 5.74) is 7.63. The SMILES string of the molecule is CCOC(=O)C(C)n1c(N)nc2ccc(C#N)cc21. The highest BCUT2D eigenvalue weighted by Crippen LogP contribution is 2.24. The first-order valence-electron chi connectivity index (χ1n) is 5.92. The quantitative estimate of drug-likeness (QED) is 0.844. The number of nitrogens with two attached hydrogens (primary N) is 1. The molecule has 0 aliphatic rings. The van der Waals surface area contributed by atoms with Crippen LogP contribution in [0.15, 0.2) is 18.2 Å². The van der Waals surface area contributed by atoms with Gasteiger partial charge in [0, 0.05) is 0 Å². The molecule has 6 nitrogen and oxygen atoms in total. The summed E-state index contributed by atoms with van der Waals surface area (Å²) < 4.78 is 6.56. The third-order valence-electron chi connectivity index (χ3n) is 2.86. The van der Waals surface area contributed by atoms with E-state index in [0.29, 0.717) is 23.2 Å². The van der Waals surface area contributed by atoms with Gasteiger partial charge in [-0.2, -0.15) is 5.26 Å². The van der Waals surface area contributed by atoms with E-state index in [1.807, 2.05) is 0 Å². The second-order valence-electron chi connectivity index (χ2n) is 4.08. The van der Waals surface area contributed by atoms with Gasteiger partial charge in [-0.3, -0.25) is 4.57 Å². The lowest BCUT2D eigenvalue weighted by Gasteiger charge is -2.14. The van der Waals surface area contributed by atoms with Crippen molar-refractivity contribution in [2.45, 2.75) is 19.9 Å². The van der Waals surface area contributed by atoms with Gasteiger partial charge < -0.3 is 10.5 Å². The monoisotopic (exact) mass is 258 g/mol. The maximum absolute atomic E-state index is 11.8. The summed E-state index contributed by atoms with van der Waals surface area (Å²) in [6.07, 6.45) is 0. The first-order chi connectivity index (χ1) is 9.08. The molecule has 6 heteroatoms. The summed E-state index contributed by atoms with van der Waals surface area (Å²) in [6, 6.07) is 6.50. The third-order valence-corrected chi connectivity index (χ3v) is 2.86. The molecule has 0 saturated heterocycles. The summed E-state index contributed by atoms with van der Waals surface area (Å²) >= 11 is 0. The molecule has 2 aromatic rings. The van der Waals surface area contributed by atoms with E-state index in [4.69, 9.17) is 15.7 Å². The van der Waals surface area contributed by atoms with Gasteiger partial charge in [-0.1, -0.05) is 0 Å². The number of ether oxygens (including phenoxy) is 1. The fraction of sp³-hybridized carbons (Fsp3) is 0.308. The van der Waals surface area contributed by atoms with Crippen molar-refractivity contribution in [1.82, 2.24) is 9.55 Å². The molecule has 1 atom stereocenters. The number of aromatic nitrogens is 2. The number of nitrogens with zero attached hydrogens (tertiary/aromatic N) is 3. The number of benzene rings is 1. The number of nitrogen functional groups attached to an aromatic ring is 1. The zero-order valence-corrected chi connectivity index (χ0v) is 10.8. The molecule has 0 fully saturated rings. The largest absolute Gasteiger partial charge is 0.464 e. The minimum absolute atomic E-state index is 0.227. The topological polar surface area (TPSA) is 93.9 Å². The van der Waals surface area contributed by atoms with Crippen LogP contribution in [0.1, 0.15) is 25.5 Å². The van der Waals surface area contributed by atoms with Crippen molar-refractivity contribution in [3.05, 3.63) is 23.8 Å². The van der Waals surface area contributed by atoms with Crippen LogP contribution in [0.25, 0.3) is 11.0 Å². The second kappa shape index (κ2) is 4.98. The van der Waals surface area contributed by atoms with Crippen LogP contribution in [-0.2, 0) is 9.53 Å². The van der Waals surface area contributed by atoms with E-state index in [1.165, 1.54) is 0 Å². The predicted octanol–water partition coefficient (Wildman–Crippen LogP) is 1.61. The summed E-state index contributed by atoms with van der Waals surface area (Å²) in [5.74, 6) is -0.151. The number of hydrogen-bond acceptors (Lipinski definition) is 5. The number of fused-ring (bicyclic) bond motifs is 1. The zero-order chi connectivity index (χ0) is 14.0. The van der Waals surface area contributed by atoms with Crippen LogP contribution in [0, 0.1) is 11.3 Å². The number of carbonyl (C=O) groups excluding carboxylic acids is 1. The molecule has 1 unspecified atom stereocenters. The number of anilines is 1. The normalized spacial score (nSPS) is 12.1. The van der Waals surface area contributed by atoms with Gasteiger partial charge in [0.2, 0.25) is 5.95 Å². The van der Waals surface area contributed by atoms with Crippen LogP contribution in [0.2, 0.25) is 0 Å². The van der Waals surface area contributed by atoms with E-state index in [0.717, 1.165) is 0 Å². The molecule has 0 aliphatic carbocycles. The van der Waals surface area contributed by atoms with Gasteiger partial charge in [0.1, 0.15) is 6.04 Å². The van der Waals surface area contributed by atoms with Crippen LogP contribution >= 0.6 is 0 Å². The summed E-state index contributed by atoms with van der Waals surface area (Å²) in [7, 11) is 0. The van der Waals surface area contributed by atoms with E-state index in [9.17, 15) is 4.79 Å². The standard InChI is InChI=1S/C13H14N4O2/c1-3-19-12(18)8(2)17-11-6-9(7-14)4-5-10(11)16-13(17)15/h4-6,8H,3H2,1-2H3,(H2,15,16). The first kappa shape index (κ1) is 12.9. The van der Waals surface area contributed by atoms with E-state index in [-0.39, 0.29) is 11.9 Å². The van der Waals surface area contributed by atoms with Crippen molar-refractivity contribution >= 4 is 23.0 Å². The number of nitriles is 1. The summed E-state index contributed by atoms with van der Waals surface area (Å²) in [4.78, 5) is 16.0. The van der Waals surface area contributed by atoms with E-state index in [1.54, 1.807) is 36.6 Å². The Labute approximate surface area is 110 Å². The van der Waals surface area contributed by atoms with Crippen molar-refractivity contribution in [2.75, 3.05) is 12.3 Å². The van der Waals surface area contributed by atoms with Crippen LogP contribution in [0.3, 0.4) is 0 Å². The smallest absolute Gasteiger partial charge is 0.328 e. The number of esters is 1. The van der Waals surface area contributed by atoms with Crippen LogP contribution < -0.4 is 5.73 Å². The lowest BCUT2D eigenvalue weighted by molar-refractivity contribution is -0.146. The fourth-order valence-corrected chi connectivity index (χ4v) is 1.96. The molecule has 2 N–H and O–H groups in total. The van der Waals surface area contributed by atoms with Gasteiger partial charge in [0.25, 0.3) is 0 Å². The Hall–Kier alpha value is -2.55. The Morgan fingerprint density at radius 1 is 1.63 bits per heavy atom. The molecular formula is C13H14N4O2. The van der Waals surface area contributed by atoms with Gasteiger partial charge in [-0.15, -0.1) is 0 Å². The van der Waals surface area contributed by atoms with Crippen LogP contribution in [0.4, 0.5) is 5.95 Å². The Kier molecular flexibility index (Phi) is 3.38. The third kappa shape index (κ3) is 2.22. The molecular weight excluding hydrogens is 244 g/mol. The van der Waals surface area contributed by atoms with Crippen molar-refractivity contribution in [3.63, 3.8) is 0 Å². The van der Waals surface area contributed by atoms with Gasteiger partial charge in [0.15, 0.2) is 0 Å². The highest BCUT2D eigenvalue weighted by molar-refractivity contribution is 5.83. The Morgan fingerprint density at radius 3 is 3.00 bits per heavy atom. The van der Waals surface area contributed by atoms with Crippen molar-refractivity contribution in [3.8, 4) is 6.07 Å². The van der Waals surface area contributed by atoms with Gasteiger partial charge in [0.05, 0.1) is 29.3 Å². The summed E-state index contributed by atoms with van der Waals surface area (Å²) in [5, 5.41) is 8.92. The molecule has 1 aromatic carbocycles. The number of imidazole rings is 1. The molecule has 0 aliphatic heterocycles. The molecule has 19 heavy (non-hydrogen) atoms. The average molecular weight is 258 g/mol. The second-order valence-corrected chi connectivity index (χ2v) is 4.08. The molecule has 0 saturated carbocycles. The van der Waals surface area contributed by atoms with Crippen LogP contribution in [0.5, 0.6) is 0 Å². The molecule has 1 heterocycles. The van der Waals surface area contributed by atoms with Gasteiger partial charge >= 0.3 is 5.97 Å². The minimum Gasteiger partial charge on any atom is -0.464 e. The zero-order valence-electron chi connectivity index (χ0n) is 10.8. The maximum Gasteiger partial charge on any atom is 0.328 e. The van der Waals surface area contributed by atoms with E-state index in [2.05, 4.69) is 11.1 Å². The molecule has 98 valence electrons. The average Bonchev–Trinajstić information content (AvgIpc) is 2.72. The highest BCUT2D eigenvalue weighted by atomic mass is 16.5. The van der Waals surface area contributed by atoms with Crippen molar-refractivity contribution < 1.29 is 9.53 Å². The van der Waals surface area contributed by atoms with Gasteiger partial charge in [-0.25, -0.2) is 9.78 Å². The molecule has 0 radical (unpaired) electrons. The fourth-order valence-electron chi connectivity index (χ4n) is 1.96. The van der Waals surface area contributed by atoms with Gasteiger partial charge in [-0.05, 0) is 32.0 Å². The van der Waals surface area contributed by atoms with E-state index >= 15 is 0 Å². The predicted molar refractivity (Wildman–Crippen MR) is 70.2 cm³/mol. The number of rotatable bonds is 3. The number of hydrogen-bond donors (Lipinski definition) is 1. The van der Waals surface area contributed by atoms with Crippen molar-refractivity contribution in [2.24, 2.45) is 0 Å². The minimum atomic E-state index is -0.584. The molecule has 2 rings (SSSR count). The lowest BCUT2D eigenvalue weighted by atomic mass is 10.2. The molecule has 0 spiro atoms. The first-order valence-corrected chi connectivity index (χ1v) is 5.92. The maximum atomic E-state index is 11.8. The highest BCUT2D eigenvalue weighted by Gasteiger charge is 2.21. The van der Waals surface area contributed by atoms with E-state index < -0.39 is 6.04 Å².